The molecule has 0 unspecified atom stereocenters. The van der Waals surface area contributed by atoms with E-state index in [2.05, 4.69) is 37.3 Å². The van der Waals surface area contributed by atoms with Gasteiger partial charge in [0.05, 0.1) is 9.37 Å². The Bertz CT molecular complexity index is 1090. The lowest BCUT2D eigenvalue weighted by atomic mass is 10.1. The Morgan fingerprint density at radius 3 is 2.48 bits per heavy atom. The van der Waals surface area contributed by atoms with E-state index in [0.29, 0.717) is 10.2 Å². The van der Waals surface area contributed by atoms with Crippen LogP contribution in [0, 0.1) is 0 Å². The lowest BCUT2D eigenvalue weighted by Crippen LogP contribution is -2.43. The highest BCUT2D eigenvalue weighted by Gasteiger charge is 2.15. The third-order valence-electron chi connectivity index (χ3n) is 3.62. The fraction of sp³-hybridized carbons (Fsp3) is 0.0556. The zero-order chi connectivity index (χ0) is 19.4. The quantitative estimate of drug-likeness (QED) is 0.491. The predicted molar refractivity (Wildman–Crippen MR) is 110 cm³/mol. The maximum atomic E-state index is 12.1. The zero-order valence-electron chi connectivity index (χ0n) is 13.8. The van der Waals surface area contributed by atoms with Crippen LogP contribution in [0.15, 0.2) is 74.5 Å². The SMILES string of the molecule is O=C(COc1ccc2cc(Br)ccc2c1Br)NNS(=O)(=O)c1ccccc1. The smallest absolute Gasteiger partial charge is 0.272 e. The summed E-state index contributed by atoms with van der Waals surface area (Å²) in [6.45, 7) is -0.349. The first-order valence-electron chi connectivity index (χ1n) is 7.73. The molecule has 0 saturated carbocycles. The molecule has 0 radical (unpaired) electrons. The molecule has 3 rings (SSSR count). The van der Waals surface area contributed by atoms with Crippen molar-refractivity contribution in [1.29, 1.82) is 0 Å². The normalized spacial score (nSPS) is 11.3. The lowest BCUT2D eigenvalue weighted by molar-refractivity contribution is -0.123. The Kier molecular flexibility index (Phi) is 6.15. The van der Waals surface area contributed by atoms with Crippen LogP contribution in [-0.2, 0) is 14.8 Å². The summed E-state index contributed by atoms with van der Waals surface area (Å²) in [5, 5.41) is 1.93. The van der Waals surface area contributed by atoms with Gasteiger partial charge in [-0.1, -0.05) is 46.3 Å². The van der Waals surface area contributed by atoms with Crippen molar-refractivity contribution in [3.05, 3.63) is 69.6 Å². The molecule has 0 aliphatic rings. The largest absolute Gasteiger partial charge is 0.483 e. The average molecular weight is 514 g/mol. The van der Waals surface area contributed by atoms with Gasteiger partial charge in [-0.3, -0.25) is 10.2 Å². The minimum absolute atomic E-state index is 0.0506. The van der Waals surface area contributed by atoms with Gasteiger partial charge in [-0.25, -0.2) is 8.42 Å². The van der Waals surface area contributed by atoms with Crippen molar-refractivity contribution in [3.63, 3.8) is 0 Å². The minimum atomic E-state index is -3.83. The van der Waals surface area contributed by atoms with Crippen LogP contribution >= 0.6 is 31.9 Å². The van der Waals surface area contributed by atoms with Gasteiger partial charge < -0.3 is 4.74 Å². The van der Waals surface area contributed by atoms with E-state index in [1.807, 2.05) is 29.1 Å². The highest BCUT2D eigenvalue weighted by molar-refractivity contribution is 9.11. The lowest BCUT2D eigenvalue weighted by Gasteiger charge is -2.12. The number of rotatable bonds is 6. The minimum Gasteiger partial charge on any atom is -0.483 e. The van der Waals surface area contributed by atoms with Crippen molar-refractivity contribution in [3.8, 4) is 5.75 Å². The second-order valence-corrected chi connectivity index (χ2v) is 8.89. The van der Waals surface area contributed by atoms with Gasteiger partial charge in [0, 0.05) is 4.47 Å². The van der Waals surface area contributed by atoms with Gasteiger partial charge in [0.2, 0.25) is 0 Å². The maximum Gasteiger partial charge on any atom is 0.272 e. The third kappa shape index (κ3) is 4.86. The maximum absolute atomic E-state index is 12.1. The molecule has 6 nitrogen and oxygen atoms in total. The van der Waals surface area contributed by atoms with Gasteiger partial charge in [-0.2, -0.15) is 0 Å². The van der Waals surface area contributed by atoms with E-state index < -0.39 is 15.9 Å². The number of nitrogens with one attached hydrogen (secondary N) is 2. The molecule has 1 amide bonds. The summed E-state index contributed by atoms with van der Waals surface area (Å²) in [6.07, 6.45) is 0. The van der Waals surface area contributed by atoms with E-state index in [-0.39, 0.29) is 11.5 Å². The van der Waals surface area contributed by atoms with E-state index >= 15 is 0 Å². The summed E-state index contributed by atoms with van der Waals surface area (Å²) in [6, 6.07) is 17.1. The predicted octanol–water partition coefficient (Wildman–Crippen LogP) is 3.75. The molecule has 2 N–H and O–H groups in total. The number of halogens is 2. The molecule has 0 aliphatic carbocycles. The first-order valence-corrected chi connectivity index (χ1v) is 10.8. The molecule has 3 aromatic rings. The van der Waals surface area contributed by atoms with Crippen LogP contribution < -0.4 is 15.0 Å². The van der Waals surface area contributed by atoms with Crippen LogP contribution in [-0.4, -0.2) is 20.9 Å². The summed E-state index contributed by atoms with van der Waals surface area (Å²) in [5.74, 6) is -0.150. The Labute approximate surface area is 173 Å². The number of hydrazine groups is 1. The fourth-order valence-electron chi connectivity index (χ4n) is 2.32. The van der Waals surface area contributed by atoms with Crippen LogP contribution in [0.2, 0.25) is 0 Å². The van der Waals surface area contributed by atoms with Crippen LogP contribution in [0.3, 0.4) is 0 Å². The van der Waals surface area contributed by atoms with Crippen LogP contribution in [0.1, 0.15) is 0 Å². The summed E-state index contributed by atoms with van der Waals surface area (Å²) < 4.78 is 31.3. The second-order valence-electron chi connectivity index (χ2n) is 5.50. The molecule has 0 atom stereocenters. The molecule has 0 spiro atoms. The molecular formula is C18H14Br2N2O4S. The molecule has 0 bridgehead atoms. The van der Waals surface area contributed by atoms with Gasteiger partial charge in [0.15, 0.2) is 6.61 Å². The Morgan fingerprint density at radius 2 is 1.74 bits per heavy atom. The molecule has 0 saturated heterocycles. The van der Waals surface area contributed by atoms with E-state index in [1.54, 1.807) is 24.3 Å². The van der Waals surface area contributed by atoms with Crippen molar-refractivity contribution >= 4 is 58.6 Å². The topological polar surface area (TPSA) is 84.5 Å². The number of amides is 1. The van der Waals surface area contributed by atoms with Crippen molar-refractivity contribution < 1.29 is 17.9 Å². The van der Waals surface area contributed by atoms with E-state index in [0.717, 1.165) is 15.2 Å². The highest BCUT2D eigenvalue weighted by Crippen LogP contribution is 2.34. The van der Waals surface area contributed by atoms with Gasteiger partial charge in [0.1, 0.15) is 5.75 Å². The van der Waals surface area contributed by atoms with Gasteiger partial charge in [-0.05, 0) is 57.0 Å². The summed E-state index contributed by atoms with van der Waals surface area (Å²) in [4.78, 5) is 14.0. The zero-order valence-corrected chi connectivity index (χ0v) is 17.8. The van der Waals surface area contributed by atoms with E-state index in [1.165, 1.54) is 12.1 Å². The monoisotopic (exact) mass is 512 g/mol. The Balaban J connectivity index is 1.62. The van der Waals surface area contributed by atoms with Gasteiger partial charge in [0.25, 0.3) is 15.9 Å². The third-order valence-corrected chi connectivity index (χ3v) is 6.19. The summed E-state index contributed by atoms with van der Waals surface area (Å²) in [7, 11) is -3.83. The highest BCUT2D eigenvalue weighted by atomic mass is 79.9. The Morgan fingerprint density at radius 1 is 1.00 bits per heavy atom. The number of ether oxygens (including phenoxy) is 1. The first-order chi connectivity index (χ1) is 12.9. The van der Waals surface area contributed by atoms with Crippen LogP contribution in [0.25, 0.3) is 10.8 Å². The molecule has 0 aromatic heterocycles. The molecule has 9 heteroatoms. The molecule has 0 fully saturated rings. The number of hydrogen-bond acceptors (Lipinski definition) is 4. The van der Waals surface area contributed by atoms with E-state index in [9.17, 15) is 13.2 Å². The first kappa shape index (κ1) is 19.8. The standard InChI is InChI=1S/C18H14Br2N2O4S/c19-13-7-8-15-12(10-13)6-9-16(18(15)20)26-11-17(23)21-22-27(24,25)14-4-2-1-3-5-14/h1-10,22H,11H2,(H,21,23). The van der Waals surface area contributed by atoms with Crippen molar-refractivity contribution in [2.24, 2.45) is 0 Å². The number of hydrogen-bond donors (Lipinski definition) is 2. The summed E-state index contributed by atoms with van der Waals surface area (Å²) in [5.41, 5.74) is 2.13. The number of fused-ring (bicyclic) bond motifs is 1. The number of carbonyl (C=O) groups excluding carboxylic acids is 1. The average Bonchev–Trinajstić information content (AvgIpc) is 2.66. The van der Waals surface area contributed by atoms with Gasteiger partial charge in [-0.15, -0.1) is 4.83 Å². The van der Waals surface area contributed by atoms with Crippen LogP contribution in [0.5, 0.6) is 5.75 Å². The molecule has 0 heterocycles. The van der Waals surface area contributed by atoms with Crippen LogP contribution in [0.4, 0.5) is 0 Å². The number of sulfonamides is 1. The molecule has 3 aromatic carbocycles. The molecule has 140 valence electrons. The molecular weight excluding hydrogens is 500 g/mol. The summed E-state index contributed by atoms with van der Waals surface area (Å²) >= 11 is 6.89. The van der Waals surface area contributed by atoms with Crippen molar-refractivity contribution in [2.75, 3.05) is 6.61 Å². The fourth-order valence-corrected chi connectivity index (χ4v) is 4.18. The Hall–Kier alpha value is -1.94. The molecule has 0 aliphatic heterocycles. The molecule has 27 heavy (non-hydrogen) atoms. The number of benzene rings is 3. The van der Waals surface area contributed by atoms with E-state index in [4.69, 9.17) is 4.74 Å². The van der Waals surface area contributed by atoms with Crippen molar-refractivity contribution in [1.82, 2.24) is 10.3 Å². The van der Waals surface area contributed by atoms with Crippen molar-refractivity contribution in [2.45, 2.75) is 4.90 Å². The number of carbonyl (C=O) groups is 1. The second kappa shape index (κ2) is 8.39. The van der Waals surface area contributed by atoms with Gasteiger partial charge >= 0.3 is 0 Å².